The summed E-state index contributed by atoms with van der Waals surface area (Å²) in [6.07, 6.45) is 18.2. The molecule has 0 bridgehead atoms. The second kappa shape index (κ2) is 7.85. The molecule has 0 aromatic heterocycles. The van der Waals surface area contributed by atoms with E-state index < -0.39 is 0 Å². The van der Waals surface area contributed by atoms with Gasteiger partial charge in [-0.2, -0.15) is 0 Å². The molecule has 0 heteroatoms. The number of fused-ring (bicyclic) bond motifs is 5. The van der Waals surface area contributed by atoms with E-state index in [0.717, 1.165) is 41.4 Å². The Hall–Kier alpha value is 0. The molecule has 0 aromatic carbocycles. The predicted molar refractivity (Wildman–Crippen MR) is 127 cm³/mol. The maximum atomic E-state index is 2.78. The molecule has 0 amide bonds. The number of hydrogen-bond donors (Lipinski definition) is 0. The lowest BCUT2D eigenvalue weighted by Crippen LogP contribution is -2.57. The van der Waals surface area contributed by atoms with Crippen LogP contribution in [0.25, 0.3) is 0 Å². The molecule has 0 radical (unpaired) electrons. The summed E-state index contributed by atoms with van der Waals surface area (Å²) in [5.41, 5.74) is 1.90. The van der Waals surface area contributed by atoms with Gasteiger partial charge in [-0.15, -0.1) is 0 Å². The van der Waals surface area contributed by atoms with Gasteiger partial charge < -0.3 is 0 Å². The van der Waals surface area contributed by atoms with E-state index in [4.69, 9.17) is 0 Å². The lowest BCUT2D eigenvalue weighted by molar-refractivity contribution is -0.156. The fraction of sp³-hybridized carbons (Fsp3) is 1.00. The molecule has 0 aromatic rings. The van der Waals surface area contributed by atoms with Crippen LogP contribution in [0.4, 0.5) is 0 Å². The number of rotatable bonds is 5. The van der Waals surface area contributed by atoms with Crippen molar-refractivity contribution < 1.29 is 0 Å². The lowest BCUT2D eigenvalue weighted by Gasteiger charge is -2.64. The molecule has 4 aliphatic carbocycles. The summed E-state index contributed by atoms with van der Waals surface area (Å²) in [7, 11) is 0. The predicted octanol–water partition coefficient (Wildman–Crippen LogP) is 9.13. The molecule has 4 rings (SSSR count). The van der Waals surface area contributed by atoms with Crippen molar-refractivity contribution in [3.05, 3.63) is 0 Å². The molecule has 4 fully saturated rings. The molecule has 4 aliphatic rings. The van der Waals surface area contributed by atoms with Gasteiger partial charge in [-0.1, -0.05) is 74.1 Å². The highest BCUT2D eigenvalue weighted by Gasteiger charge is 2.65. The Bertz CT molecular complexity index is 577. The lowest BCUT2D eigenvalue weighted by atomic mass is 9.40. The molecule has 168 valence electrons. The first kappa shape index (κ1) is 22.2. The standard InChI is InChI=1S/C29H52/c1-20(2)21(3)11-12-22(4)24-15-18-29(7)26-14-13-23-10-8-9-17-27(23,5)25(26)16-19-28(24,29)6/h20-26H,8-19H2,1-7H3/t21-,22+,23?,24+,25-,26+,27-,28+,29-/m0/s1. The highest BCUT2D eigenvalue weighted by atomic mass is 14.7. The van der Waals surface area contributed by atoms with Gasteiger partial charge in [0.15, 0.2) is 0 Å². The van der Waals surface area contributed by atoms with Crippen molar-refractivity contribution in [3.8, 4) is 0 Å². The van der Waals surface area contributed by atoms with Crippen LogP contribution in [0.3, 0.4) is 0 Å². The van der Waals surface area contributed by atoms with Crippen LogP contribution in [-0.4, -0.2) is 0 Å². The molecule has 0 spiro atoms. The van der Waals surface area contributed by atoms with Crippen LogP contribution >= 0.6 is 0 Å². The van der Waals surface area contributed by atoms with Gasteiger partial charge in [-0.3, -0.25) is 0 Å². The van der Waals surface area contributed by atoms with Crippen molar-refractivity contribution in [1.82, 2.24) is 0 Å². The second-order valence-electron chi connectivity index (χ2n) is 13.5. The third kappa shape index (κ3) is 3.36. The first-order valence-electron chi connectivity index (χ1n) is 13.6. The third-order valence-corrected chi connectivity index (χ3v) is 12.4. The third-order valence-electron chi connectivity index (χ3n) is 12.4. The Morgan fingerprint density at radius 2 is 1.41 bits per heavy atom. The Morgan fingerprint density at radius 3 is 2.14 bits per heavy atom. The highest BCUT2D eigenvalue weighted by Crippen LogP contribution is 2.73. The van der Waals surface area contributed by atoms with E-state index in [1.807, 2.05) is 0 Å². The van der Waals surface area contributed by atoms with Gasteiger partial charge in [0.2, 0.25) is 0 Å². The summed E-state index contributed by atoms with van der Waals surface area (Å²) in [5.74, 6) is 6.73. The van der Waals surface area contributed by atoms with E-state index in [1.54, 1.807) is 32.1 Å². The van der Waals surface area contributed by atoms with Crippen molar-refractivity contribution in [2.75, 3.05) is 0 Å². The Morgan fingerprint density at radius 1 is 0.690 bits per heavy atom. The maximum Gasteiger partial charge on any atom is -0.0238 e. The van der Waals surface area contributed by atoms with Gasteiger partial charge >= 0.3 is 0 Å². The molecule has 0 N–H and O–H groups in total. The average molecular weight is 401 g/mol. The summed E-state index contributed by atoms with van der Waals surface area (Å²) in [6.45, 7) is 18.2. The van der Waals surface area contributed by atoms with Crippen molar-refractivity contribution in [1.29, 1.82) is 0 Å². The fourth-order valence-electron chi connectivity index (χ4n) is 9.72. The van der Waals surface area contributed by atoms with Crippen LogP contribution in [-0.2, 0) is 0 Å². The SMILES string of the molecule is CC(C)[C@@H](C)CC[C@@H](C)[C@H]1CC[C@@]2(C)[C@@H]3CCC4CCCC[C@]4(C)[C@H]3CC[C@]12C. The van der Waals surface area contributed by atoms with E-state index in [-0.39, 0.29) is 0 Å². The van der Waals surface area contributed by atoms with Gasteiger partial charge in [0.05, 0.1) is 0 Å². The zero-order valence-corrected chi connectivity index (χ0v) is 21.0. The van der Waals surface area contributed by atoms with Crippen LogP contribution < -0.4 is 0 Å². The van der Waals surface area contributed by atoms with E-state index >= 15 is 0 Å². The molecule has 0 heterocycles. The average Bonchev–Trinajstić information content (AvgIpc) is 2.96. The summed E-state index contributed by atoms with van der Waals surface area (Å²) in [6, 6.07) is 0. The van der Waals surface area contributed by atoms with Crippen molar-refractivity contribution >= 4 is 0 Å². The zero-order valence-electron chi connectivity index (χ0n) is 21.0. The van der Waals surface area contributed by atoms with Crippen molar-refractivity contribution in [2.45, 2.75) is 126 Å². The first-order chi connectivity index (χ1) is 13.6. The highest BCUT2D eigenvalue weighted by molar-refractivity contribution is 5.14. The molecule has 0 saturated heterocycles. The van der Waals surface area contributed by atoms with Crippen LogP contribution in [0.5, 0.6) is 0 Å². The number of hydrogen-bond acceptors (Lipinski definition) is 0. The minimum Gasteiger partial charge on any atom is -0.0625 e. The maximum absolute atomic E-state index is 2.78. The van der Waals surface area contributed by atoms with E-state index in [0.29, 0.717) is 16.2 Å². The summed E-state index contributed by atoms with van der Waals surface area (Å²) in [4.78, 5) is 0. The van der Waals surface area contributed by atoms with Gasteiger partial charge in [0.25, 0.3) is 0 Å². The van der Waals surface area contributed by atoms with E-state index in [9.17, 15) is 0 Å². The normalized spacial score (nSPS) is 49.2. The van der Waals surface area contributed by atoms with Crippen molar-refractivity contribution in [2.24, 2.45) is 57.7 Å². The second-order valence-corrected chi connectivity index (χ2v) is 13.5. The van der Waals surface area contributed by atoms with Gasteiger partial charge in [0.1, 0.15) is 0 Å². The Balaban J connectivity index is 1.52. The summed E-state index contributed by atoms with van der Waals surface area (Å²) in [5, 5.41) is 0. The summed E-state index contributed by atoms with van der Waals surface area (Å²) >= 11 is 0. The summed E-state index contributed by atoms with van der Waals surface area (Å²) < 4.78 is 0. The molecular weight excluding hydrogens is 348 g/mol. The smallest absolute Gasteiger partial charge is 0.0238 e. The minimum absolute atomic E-state index is 0.604. The molecule has 29 heavy (non-hydrogen) atoms. The van der Waals surface area contributed by atoms with Crippen molar-refractivity contribution in [3.63, 3.8) is 0 Å². The molecule has 0 aliphatic heterocycles. The topological polar surface area (TPSA) is 0 Å². The first-order valence-corrected chi connectivity index (χ1v) is 13.6. The van der Waals surface area contributed by atoms with Crippen LogP contribution in [0.1, 0.15) is 126 Å². The zero-order chi connectivity index (χ0) is 21.0. The van der Waals surface area contributed by atoms with Gasteiger partial charge in [-0.25, -0.2) is 0 Å². The van der Waals surface area contributed by atoms with Gasteiger partial charge in [0, 0.05) is 0 Å². The fourth-order valence-corrected chi connectivity index (χ4v) is 9.72. The molecular formula is C29H52. The van der Waals surface area contributed by atoms with Crippen LogP contribution in [0.2, 0.25) is 0 Å². The molecule has 0 nitrogen and oxygen atoms in total. The Labute approximate surface area is 183 Å². The minimum atomic E-state index is 0.604. The van der Waals surface area contributed by atoms with Crippen LogP contribution in [0.15, 0.2) is 0 Å². The quantitative estimate of drug-likeness (QED) is 0.431. The largest absolute Gasteiger partial charge is 0.0625 e. The monoisotopic (exact) mass is 400 g/mol. The Kier molecular flexibility index (Phi) is 6.01. The molecule has 1 unspecified atom stereocenters. The van der Waals surface area contributed by atoms with Gasteiger partial charge in [-0.05, 0) is 109 Å². The molecule has 4 saturated carbocycles. The van der Waals surface area contributed by atoms with E-state index in [1.165, 1.54) is 44.9 Å². The van der Waals surface area contributed by atoms with Crippen LogP contribution in [0, 0.1) is 57.7 Å². The van der Waals surface area contributed by atoms with E-state index in [2.05, 4.69) is 48.5 Å². The molecule has 9 atom stereocenters.